The Kier molecular flexibility index (Phi) is 9.13. The first-order valence-corrected chi connectivity index (χ1v) is 12.2. The highest BCUT2D eigenvalue weighted by molar-refractivity contribution is 5.86. The number of ether oxygens (including phenoxy) is 2. The fraction of sp³-hybridized carbons (Fsp3) is 0.483. The van der Waals surface area contributed by atoms with Crippen LogP contribution in [0, 0.1) is 5.92 Å². The van der Waals surface area contributed by atoms with Crippen LogP contribution in [-0.4, -0.2) is 30.9 Å². The summed E-state index contributed by atoms with van der Waals surface area (Å²) in [7, 11) is 0. The molecule has 0 bridgehead atoms. The Hall–Kier alpha value is -2.59. The van der Waals surface area contributed by atoms with E-state index in [1.165, 1.54) is 42.4 Å². The van der Waals surface area contributed by atoms with Crippen LogP contribution in [0.1, 0.15) is 69.1 Å². The molecular weight excluding hydrogens is 412 g/mol. The second-order valence-corrected chi connectivity index (χ2v) is 9.29. The van der Waals surface area contributed by atoms with Crippen LogP contribution in [-0.2, 0) is 22.4 Å². The molecule has 0 aromatic heterocycles. The lowest BCUT2D eigenvalue weighted by Crippen LogP contribution is -2.11. The number of aryl methyl sites for hydroxylation is 1. The van der Waals surface area contributed by atoms with Crippen LogP contribution in [0.4, 0.5) is 0 Å². The van der Waals surface area contributed by atoms with Gasteiger partial charge in [0.15, 0.2) is 0 Å². The predicted molar refractivity (Wildman–Crippen MR) is 134 cm³/mol. The van der Waals surface area contributed by atoms with Gasteiger partial charge >= 0.3 is 5.97 Å². The smallest absolute Gasteiger partial charge is 0.333 e. The third kappa shape index (κ3) is 6.70. The van der Waals surface area contributed by atoms with E-state index in [0.29, 0.717) is 23.7 Å². The summed E-state index contributed by atoms with van der Waals surface area (Å²) in [6.07, 6.45) is 6.72. The highest BCUT2D eigenvalue weighted by Gasteiger charge is 2.20. The van der Waals surface area contributed by atoms with Gasteiger partial charge in [-0.25, -0.2) is 4.79 Å². The first-order chi connectivity index (χ1) is 15.9. The molecule has 0 radical (unpaired) electrons. The lowest BCUT2D eigenvalue weighted by Gasteiger charge is -2.27. The highest BCUT2D eigenvalue weighted by Crippen LogP contribution is 2.38. The number of benzene rings is 2. The van der Waals surface area contributed by atoms with E-state index in [2.05, 4.69) is 50.8 Å². The van der Waals surface area contributed by atoms with Crippen molar-refractivity contribution in [2.24, 2.45) is 5.92 Å². The molecule has 0 heterocycles. The molecule has 1 N–H and O–H groups in total. The SMILES string of the molecule is C=C(C)C(=O)OCCc1cc(-c2ccc(C3CCC(C)CC3)cc2CC)ccc1OCCO. The Morgan fingerprint density at radius 1 is 1.06 bits per heavy atom. The van der Waals surface area contributed by atoms with Gasteiger partial charge in [0.25, 0.3) is 0 Å². The number of hydrogen-bond donors (Lipinski definition) is 1. The summed E-state index contributed by atoms with van der Waals surface area (Å²) in [5.74, 6) is 1.86. The van der Waals surface area contributed by atoms with Crippen molar-refractivity contribution < 1.29 is 19.4 Å². The number of hydrogen-bond acceptors (Lipinski definition) is 4. The molecule has 1 aliphatic rings. The summed E-state index contributed by atoms with van der Waals surface area (Å²) in [5.41, 5.74) is 6.54. The first kappa shape index (κ1) is 25.0. The summed E-state index contributed by atoms with van der Waals surface area (Å²) < 4.78 is 11.0. The van der Waals surface area contributed by atoms with Gasteiger partial charge < -0.3 is 14.6 Å². The molecule has 1 fully saturated rings. The first-order valence-electron chi connectivity index (χ1n) is 12.2. The largest absolute Gasteiger partial charge is 0.491 e. The monoisotopic (exact) mass is 450 g/mol. The van der Waals surface area contributed by atoms with E-state index in [-0.39, 0.29) is 25.8 Å². The summed E-state index contributed by atoms with van der Waals surface area (Å²) >= 11 is 0. The average molecular weight is 451 g/mol. The molecule has 0 atom stereocenters. The molecule has 33 heavy (non-hydrogen) atoms. The van der Waals surface area contributed by atoms with Crippen molar-refractivity contribution in [2.75, 3.05) is 19.8 Å². The van der Waals surface area contributed by atoms with Gasteiger partial charge in [-0.1, -0.05) is 57.5 Å². The minimum Gasteiger partial charge on any atom is -0.491 e. The molecule has 0 saturated heterocycles. The van der Waals surface area contributed by atoms with Crippen molar-refractivity contribution in [3.05, 3.63) is 65.2 Å². The minimum absolute atomic E-state index is 0.0484. The molecule has 1 aliphatic carbocycles. The molecule has 0 aliphatic heterocycles. The van der Waals surface area contributed by atoms with Gasteiger partial charge in [-0.2, -0.15) is 0 Å². The molecule has 1 saturated carbocycles. The van der Waals surface area contributed by atoms with Crippen LogP contribution in [0.3, 0.4) is 0 Å². The van der Waals surface area contributed by atoms with Crippen LogP contribution in [0.25, 0.3) is 11.1 Å². The van der Waals surface area contributed by atoms with Gasteiger partial charge in [0, 0.05) is 12.0 Å². The van der Waals surface area contributed by atoms with Crippen molar-refractivity contribution >= 4 is 5.97 Å². The Labute approximate surface area is 198 Å². The molecule has 2 aromatic rings. The summed E-state index contributed by atoms with van der Waals surface area (Å²) in [4.78, 5) is 11.8. The summed E-state index contributed by atoms with van der Waals surface area (Å²) in [6, 6.07) is 13.1. The third-order valence-electron chi connectivity index (χ3n) is 6.67. The van der Waals surface area contributed by atoms with Crippen LogP contribution < -0.4 is 4.74 Å². The molecule has 3 rings (SSSR count). The zero-order valence-electron chi connectivity index (χ0n) is 20.4. The lowest BCUT2D eigenvalue weighted by atomic mass is 9.78. The molecule has 2 aromatic carbocycles. The Bertz CT molecular complexity index is 954. The zero-order valence-corrected chi connectivity index (χ0v) is 20.4. The van der Waals surface area contributed by atoms with E-state index < -0.39 is 0 Å². The topological polar surface area (TPSA) is 55.8 Å². The van der Waals surface area contributed by atoms with Crippen molar-refractivity contribution in [1.29, 1.82) is 0 Å². The van der Waals surface area contributed by atoms with E-state index in [4.69, 9.17) is 9.47 Å². The molecule has 178 valence electrons. The van der Waals surface area contributed by atoms with Gasteiger partial charge in [-0.3, -0.25) is 0 Å². The fourth-order valence-corrected chi connectivity index (χ4v) is 4.65. The van der Waals surface area contributed by atoms with E-state index in [0.717, 1.165) is 23.5 Å². The normalized spacial score (nSPS) is 18.1. The number of carbonyl (C=O) groups excluding carboxylic acids is 1. The molecule has 4 nitrogen and oxygen atoms in total. The van der Waals surface area contributed by atoms with Crippen LogP contribution in [0.15, 0.2) is 48.6 Å². The van der Waals surface area contributed by atoms with Crippen LogP contribution >= 0.6 is 0 Å². The van der Waals surface area contributed by atoms with Crippen molar-refractivity contribution in [2.45, 2.75) is 65.2 Å². The van der Waals surface area contributed by atoms with Gasteiger partial charge in [-0.15, -0.1) is 0 Å². The molecule has 0 amide bonds. The highest BCUT2D eigenvalue weighted by atomic mass is 16.5. The maximum Gasteiger partial charge on any atom is 0.333 e. The second-order valence-electron chi connectivity index (χ2n) is 9.29. The van der Waals surface area contributed by atoms with Gasteiger partial charge in [0.2, 0.25) is 0 Å². The van der Waals surface area contributed by atoms with E-state index in [9.17, 15) is 9.90 Å². The standard InChI is InChI=1S/C29H38O4/c1-5-22-18-24(23-8-6-21(4)7-9-23)10-12-27(22)25-11-13-28(32-17-15-30)26(19-25)14-16-33-29(31)20(2)3/h10-13,18-19,21,23,30H,2,5-9,14-17H2,1,3-4H3. The Balaban J connectivity index is 1.84. The molecular formula is C29H38O4. The van der Waals surface area contributed by atoms with E-state index in [1.54, 1.807) is 6.92 Å². The quantitative estimate of drug-likeness (QED) is 0.344. The maximum absolute atomic E-state index is 11.8. The van der Waals surface area contributed by atoms with Crippen LogP contribution in [0.5, 0.6) is 5.75 Å². The number of aliphatic hydroxyl groups is 1. The predicted octanol–water partition coefficient (Wildman–Crippen LogP) is 6.24. The second kappa shape index (κ2) is 12.0. The van der Waals surface area contributed by atoms with Crippen molar-refractivity contribution in [3.63, 3.8) is 0 Å². The number of aliphatic hydroxyl groups excluding tert-OH is 1. The number of carbonyl (C=O) groups is 1. The third-order valence-corrected chi connectivity index (χ3v) is 6.67. The summed E-state index contributed by atoms with van der Waals surface area (Å²) in [6.45, 7) is 10.3. The van der Waals surface area contributed by atoms with Gasteiger partial charge in [0.05, 0.1) is 13.2 Å². The zero-order chi connectivity index (χ0) is 23.8. The van der Waals surface area contributed by atoms with Gasteiger partial charge in [-0.05, 0) is 78.0 Å². The number of rotatable bonds is 10. The Morgan fingerprint density at radius 3 is 2.48 bits per heavy atom. The van der Waals surface area contributed by atoms with Gasteiger partial charge in [0.1, 0.15) is 12.4 Å². The van der Waals surface area contributed by atoms with Crippen molar-refractivity contribution in [3.8, 4) is 16.9 Å². The molecule has 0 unspecified atom stereocenters. The van der Waals surface area contributed by atoms with Crippen LogP contribution in [0.2, 0.25) is 0 Å². The summed E-state index contributed by atoms with van der Waals surface area (Å²) in [5, 5.41) is 9.17. The van der Waals surface area contributed by atoms with E-state index >= 15 is 0 Å². The van der Waals surface area contributed by atoms with Crippen molar-refractivity contribution in [1.82, 2.24) is 0 Å². The number of esters is 1. The fourth-order valence-electron chi connectivity index (χ4n) is 4.65. The molecule has 0 spiro atoms. The minimum atomic E-state index is -0.384. The average Bonchev–Trinajstić information content (AvgIpc) is 2.83. The lowest BCUT2D eigenvalue weighted by molar-refractivity contribution is -0.138. The Morgan fingerprint density at radius 2 is 1.82 bits per heavy atom. The maximum atomic E-state index is 11.8. The molecule has 4 heteroatoms. The van der Waals surface area contributed by atoms with E-state index in [1.807, 2.05) is 6.07 Å².